The van der Waals surface area contributed by atoms with Crippen LogP contribution in [-0.2, 0) is 16.1 Å². The number of anilines is 1. The van der Waals surface area contributed by atoms with Crippen molar-refractivity contribution in [2.24, 2.45) is 11.8 Å². The van der Waals surface area contributed by atoms with E-state index < -0.39 is 0 Å². The number of amides is 1. The third-order valence-electron chi connectivity index (χ3n) is 6.89. The summed E-state index contributed by atoms with van der Waals surface area (Å²) in [6, 6.07) is 0. The van der Waals surface area contributed by atoms with Gasteiger partial charge in [-0.05, 0) is 51.0 Å². The summed E-state index contributed by atoms with van der Waals surface area (Å²) in [4.78, 5) is 21.5. The molecular formula is C23H35N5O2. The van der Waals surface area contributed by atoms with Crippen LogP contribution in [-0.4, -0.2) is 40.2 Å². The van der Waals surface area contributed by atoms with Gasteiger partial charge >= 0.3 is 0 Å². The first kappa shape index (κ1) is 21.1. The normalized spacial score (nSPS) is 18.2. The number of nitrogen functional groups attached to an aromatic ring is 1. The first-order valence-electron chi connectivity index (χ1n) is 11.5. The highest BCUT2D eigenvalue weighted by atomic mass is 16.5. The van der Waals surface area contributed by atoms with Gasteiger partial charge in [0.2, 0.25) is 5.91 Å². The minimum atomic E-state index is 0.186. The Balaban J connectivity index is 1.40. The molecule has 7 heteroatoms. The molecule has 2 aliphatic rings. The van der Waals surface area contributed by atoms with Gasteiger partial charge in [-0.25, -0.2) is 9.97 Å². The Morgan fingerprint density at radius 1 is 1.20 bits per heavy atom. The average molecular weight is 414 g/mol. The molecule has 0 saturated heterocycles. The SMILES string of the molecule is Cc1nc(N)c2nc(C(C)C3CC3)n(CCOCCNC(=O)C3CCCC3)c2c1C. The van der Waals surface area contributed by atoms with Gasteiger partial charge < -0.3 is 20.4 Å². The fourth-order valence-corrected chi connectivity index (χ4v) is 4.74. The maximum atomic E-state index is 12.1. The molecule has 2 aliphatic carbocycles. The lowest BCUT2D eigenvalue weighted by molar-refractivity contribution is -0.125. The quantitative estimate of drug-likeness (QED) is 0.614. The van der Waals surface area contributed by atoms with E-state index >= 15 is 0 Å². The summed E-state index contributed by atoms with van der Waals surface area (Å²) in [6.07, 6.45) is 6.95. The summed E-state index contributed by atoms with van der Waals surface area (Å²) < 4.78 is 8.16. The van der Waals surface area contributed by atoms with Crippen molar-refractivity contribution >= 4 is 22.8 Å². The van der Waals surface area contributed by atoms with Crippen molar-refractivity contribution < 1.29 is 9.53 Å². The van der Waals surface area contributed by atoms with Crippen LogP contribution < -0.4 is 11.1 Å². The zero-order chi connectivity index (χ0) is 21.3. The van der Waals surface area contributed by atoms with Crippen LogP contribution in [0, 0.1) is 25.7 Å². The molecule has 2 heterocycles. The number of rotatable bonds is 9. The largest absolute Gasteiger partial charge is 0.382 e. The highest BCUT2D eigenvalue weighted by Crippen LogP contribution is 2.43. The molecule has 3 N–H and O–H groups in total. The van der Waals surface area contributed by atoms with Gasteiger partial charge in [-0.2, -0.15) is 0 Å². The Labute approximate surface area is 178 Å². The van der Waals surface area contributed by atoms with Crippen LogP contribution in [0.5, 0.6) is 0 Å². The molecule has 0 bridgehead atoms. The predicted octanol–water partition coefficient (Wildman–Crippen LogP) is 3.47. The zero-order valence-corrected chi connectivity index (χ0v) is 18.5. The highest BCUT2D eigenvalue weighted by Gasteiger charge is 2.33. The van der Waals surface area contributed by atoms with E-state index in [1.165, 1.54) is 25.7 Å². The highest BCUT2D eigenvalue weighted by molar-refractivity contribution is 5.88. The molecule has 1 atom stereocenters. The van der Waals surface area contributed by atoms with E-state index in [1.54, 1.807) is 0 Å². The number of nitrogens with two attached hydrogens (primary N) is 1. The number of nitrogens with one attached hydrogen (secondary N) is 1. The number of carbonyl (C=O) groups is 1. The summed E-state index contributed by atoms with van der Waals surface area (Å²) in [7, 11) is 0. The molecule has 164 valence electrons. The van der Waals surface area contributed by atoms with Gasteiger partial charge in [0, 0.05) is 30.6 Å². The lowest BCUT2D eigenvalue weighted by Crippen LogP contribution is -2.32. The molecule has 7 nitrogen and oxygen atoms in total. The van der Waals surface area contributed by atoms with Crippen LogP contribution in [0.25, 0.3) is 11.0 Å². The number of hydrogen-bond acceptors (Lipinski definition) is 5. The Bertz CT molecular complexity index is 912. The standard InChI is InChI=1S/C23H35N5O2/c1-14-16(3)26-21(24)19-20(14)28(22(27-19)15(2)17-8-9-17)11-13-30-12-10-25-23(29)18-6-4-5-7-18/h15,17-18H,4-13H2,1-3H3,(H2,24,26)(H,25,29). The Morgan fingerprint density at radius 2 is 1.93 bits per heavy atom. The summed E-state index contributed by atoms with van der Waals surface area (Å²) in [6.45, 7) is 8.75. The Hall–Kier alpha value is -2.15. The van der Waals surface area contributed by atoms with Gasteiger partial charge in [0.15, 0.2) is 5.82 Å². The van der Waals surface area contributed by atoms with Crippen LogP contribution in [0.1, 0.15) is 68.4 Å². The van der Waals surface area contributed by atoms with Gasteiger partial charge in [-0.15, -0.1) is 0 Å². The number of nitrogens with zero attached hydrogens (tertiary/aromatic N) is 3. The third-order valence-corrected chi connectivity index (χ3v) is 6.89. The summed E-state index contributed by atoms with van der Waals surface area (Å²) in [5.74, 6) is 3.11. The number of aryl methyl sites for hydroxylation is 2. The summed E-state index contributed by atoms with van der Waals surface area (Å²) >= 11 is 0. The number of imidazole rings is 1. The minimum absolute atomic E-state index is 0.186. The van der Waals surface area contributed by atoms with Crippen molar-refractivity contribution in [3.8, 4) is 0 Å². The van der Waals surface area contributed by atoms with Crippen LogP contribution in [0.4, 0.5) is 5.82 Å². The number of hydrogen-bond donors (Lipinski definition) is 2. The Kier molecular flexibility index (Phi) is 6.27. The maximum Gasteiger partial charge on any atom is 0.223 e. The molecule has 2 fully saturated rings. The van der Waals surface area contributed by atoms with E-state index in [9.17, 15) is 4.79 Å². The molecule has 2 saturated carbocycles. The first-order chi connectivity index (χ1) is 14.5. The Morgan fingerprint density at radius 3 is 2.63 bits per heavy atom. The molecule has 0 aromatic carbocycles. The van der Waals surface area contributed by atoms with Gasteiger partial charge in [-0.1, -0.05) is 19.8 Å². The number of ether oxygens (including phenoxy) is 1. The zero-order valence-electron chi connectivity index (χ0n) is 18.5. The van der Waals surface area contributed by atoms with Crippen molar-refractivity contribution in [1.29, 1.82) is 0 Å². The molecule has 1 unspecified atom stereocenters. The second-order valence-corrected chi connectivity index (χ2v) is 9.04. The summed E-state index contributed by atoms with van der Waals surface area (Å²) in [5, 5.41) is 3.02. The average Bonchev–Trinajstić information content (AvgIpc) is 3.28. The van der Waals surface area contributed by atoms with Gasteiger partial charge in [0.1, 0.15) is 11.3 Å². The number of pyridine rings is 1. The van der Waals surface area contributed by atoms with E-state index in [0.717, 1.165) is 47.5 Å². The van der Waals surface area contributed by atoms with Crippen LogP contribution >= 0.6 is 0 Å². The second-order valence-electron chi connectivity index (χ2n) is 9.04. The van der Waals surface area contributed by atoms with E-state index in [0.29, 0.717) is 37.4 Å². The summed E-state index contributed by atoms with van der Waals surface area (Å²) in [5.41, 5.74) is 10.2. The smallest absolute Gasteiger partial charge is 0.223 e. The van der Waals surface area contributed by atoms with Crippen LogP contribution in [0.15, 0.2) is 0 Å². The van der Waals surface area contributed by atoms with E-state index in [2.05, 4.69) is 28.7 Å². The topological polar surface area (TPSA) is 95.1 Å². The third kappa shape index (κ3) is 4.31. The fraction of sp³-hybridized carbons (Fsp3) is 0.696. The minimum Gasteiger partial charge on any atom is -0.382 e. The monoisotopic (exact) mass is 413 g/mol. The molecule has 4 rings (SSSR count). The van der Waals surface area contributed by atoms with Gasteiger partial charge in [0.25, 0.3) is 0 Å². The predicted molar refractivity (Wildman–Crippen MR) is 118 cm³/mol. The molecule has 2 aromatic rings. The van der Waals surface area contributed by atoms with Crippen LogP contribution in [0.3, 0.4) is 0 Å². The number of fused-ring (bicyclic) bond motifs is 1. The fourth-order valence-electron chi connectivity index (χ4n) is 4.74. The van der Waals surface area contributed by atoms with Crippen LogP contribution in [0.2, 0.25) is 0 Å². The second kappa shape index (κ2) is 8.92. The molecule has 0 radical (unpaired) electrons. The van der Waals surface area contributed by atoms with E-state index in [-0.39, 0.29) is 11.8 Å². The number of aromatic nitrogens is 3. The number of carbonyl (C=O) groups excluding carboxylic acids is 1. The lowest BCUT2D eigenvalue weighted by Gasteiger charge is -2.16. The van der Waals surface area contributed by atoms with Gasteiger partial charge in [-0.3, -0.25) is 4.79 Å². The van der Waals surface area contributed by atoms with Crippen molar-refractivity contribution in [2.75, 3.05) is 25.5 Å². The van der Waals surface area contributed by atoms with E-state index in [1.807, 2.05) is 6.92 Å². The van der Waals surface area contributed by atoms with E-state index in [4.69, 9.17) is 15.5 Å². The molecule has 2 aromatic heterocycles. The molecular weight excluding hydrogens is 378 g/mol. The molecule has 1 amide bonds. The van der Waals surface area contributed by atoms with Crippen molar-refractivity contribution in [3.63, 3.8) is 0 Å². The van der Waals surface area contributed by atoms with Crippen molar-refractivity contribution in [1.82, 2.24) is 19.9 Å². The van der Waals surface area contributed by atoms with Crippen molar-refractivity contribution in [2.45, 2.75) is 71.8 Å². The van der Waals surface area contributed by atoms with Gasteiger partial charge in [0.05, 0.1) is 18.7 Å². The molecule has 0 aliphatic heterocycles. The maximum absolute atomic E-state index is 12.1. The molecule has 30 heavy (non-hydrogen) atoms. The molecule has 0 spiro atoms. The van der Waals surface area contributed by atoms with Crippen molar-refractivity contribution in [3.05, 3.63) is 17.1 Å². The first-order valence-corrected chi connectivity index (χ1v) is 11.5. The lowest BCUT2D eigenvalue weighted by atomic mass is 10.1.